The standard InChI is InChI=1S/C23H26FN3O2S3/c1-30-19-3-2-4-20-22(19)25-23(32-20)27(11-10-26-12-14-29-15-13-26)21(28)9-16-31-18-7-5-17(24)6-8-18/h2-8H,9-16H2,1H3. The summed E-state index contributed by atoms with van der Waals surface area (Å²) in [5, 5.41) is 0.756. The van der Waals surface area contributed by atoms with Crippen LogP contribution in [0.3, 0.4) is 0 Å². The number of fused-ring (bicyclic) bond motifs is 1. The predicted octanol–water partition coefficient (Wildman–Crippen LogP) is 5.00. The number of hydrogen-bond donors (Lipinski definition) is 0. The summed E-state index contributed by atoms with van der Waals surface area (Å²) < 4.78 is 19.7. The second-order valence-corrected chi connectivity index (χ2v) is 10.4. The molecule has 1 fully saturated rings. The van der Waals surface area contributed by atoms with E-state index in [9.17, 15) is 9.18 Å². The number of hydrogen-bond acceptors (Lipinski definition) is 7. The molecule has 3 aromatic rings. The number of anilines is 1. The van der Waals surface area contributed by atoms with Crippen molar-refractivity contribution in [2.24, 2.45) is 0 Å². The van der Waals surface area contributed by atoms with Gasteiger partial charge >= 0.3 is 0 Å². The summed E-state index contributed by atoms with van der Waals surface area (Å²) in [5.74, 6) is 0.456. The number of benzene rings is 2. The summed E-state index contributed by atoms with van der Waals surface area (Å²) in [6.45, 7) is 4.65. The first kappa shape index (κ1) is 23.5. The molecule has 4 rings (SSSR count). The van der Waals surface area contributed by atoms with Gasteiger partial charge in [-0.25, -0.2) is 9.37 Å². The summed E-state index contributed by atoms with van der Waals surface area (Å²) in [4.78, 5) is 24.4. The molecule has 32 heavy (non-hydrogen) atoms. The van der Waals surface area contributed by atoms with E-state index in [-0.39, 0.29) is 11.7 Å². The topological polar surface area (TPSA) is 45.7 Å². The number of thiazole rings is 1. The molecule has 0 saturated carbocycles. The molecule has 2 heterocycles. The Morgan fingerprint density at radius 3 is 2.75 bits per heavy atom. The first-order valence-corrected chi connectivity index (χ1v) is 13.6. The molecule has 1 amide bonds. The Kier molecular flexibility index (Phi) is 8.43. The molecular weight excluding hydrogens is 465 g/mol. The monoisotopic (exact) mass is 491 g/mol. The van der Waals surface area contributed by atoms with Gasteiger partial charge in [0.15, 0.2) is 5.13 Å². The Morgan fingerprint density at radius 2 is 2.00 bits per heavy atom. The summed E-state index contributed by atoms with van der Waals surface area (Å²) in [7, 11) is 0. The van der Waals surface area contributed by atoms with Crippen molar-refractivity contribution in [2.75, 3.05) is 56.3 Å². The number of carbonyl (C=O) groups excluding carboxylic acids is 1. The number of ether oxygens (including phenoxy) is 1. The molecule has 0 radical (unpaired) electrons. The number of thioether (sulfide) groups is 2. The van der Waals surface area contributed by atoms with E-state index in [0.29, 0.717) is 18.7 Å². The van der Waals surface area contributed by atoms with Crippen LogP contribution in [0.2, 0.25) is 0 Å². The van der Waals surface area contributed by atoms with Crippen molar-refractivity contribution in [3.8, 4) is 0 Å². The van der Waals surface area contributed by atoms with E-state index in [1.807, 2.05) is 17.2 Å². The third kappa shape index (κ3) is 6.02. The number of amides is 1. The van der Waals surface area contributed by atoms with Crippen LogP contribution in [0.25, 0.3) is 10.2 Å². The molecule has 0 bridgehead atoms. The van der Waals surface area contributed by atoms with Gasteiger partial charge in [0.05, 0.1) is 23.4 Å². The van der Waals surface area contributed by atoms with Crippen LogP contribution in [0.15, 0.2) is 52.3 Å². The molecule has 0 spiro atoms. The van der Waals surface area contributed by atoms with Crippen LogP contribution in [-0.4, -0.2) is 67.2 Å². The van der Waals surface area contributed by atoms with Gasteiger partial charge in [0.25, 0.3) is 0 Å². The lowest BCUT2D eigenvalue weighted by molar-refractivity contribution is -0.118. The first-order valence-electron chi connectivity index (χ1n) is 10.6. The normalized spacial score (nSPS) is 14.7. The minimum atomic E-state index is -0.250. The fourth-order valence-electron chi connectivity index (χ4n) is 3.51. The minimum absolute atomic E-state index is 0.0672. The highest BCUT2D eigenvalue weighted by atomic mass is 32.2. The number of morpholine rings is 1. The van der Waals surface area contributed by atoms with Crippen molar-refractivity contribution in [1.29, 1.82) is 0 Å². The van der Waals surface area contributed by atoms with E-state index in [0.717, 1.165) is 58.0 Å². The first-order chi connectivity index (χ1) is 15.6. The zero-order chi connectivity index (χ0) is 22.3. The maximum Gasteiger partial charge on any atom is 0.229 e. The van der Waals surface area contributed by atoms with E-state index in [1.54, 1.807) is 47.0 Å². The zero-order valence-electron chi connectivity index (χ0n) is 18.0. The highest BCUT2D eigenvalue weighted by Gasteiger charge is 2.22. The van der Waals surface area contributed by atoms with Crippen LogP contribution < -0.4 is 4.90 Å². The van der Waals surface area contributed by atoms with Crippen molar-refractivity contribution < 1.29 is 13.9 Å². The van der Waals surface area contributed by atoms with E-state index in [2.05, 4.69) is 17.0 Å². The van der Waals surface area contributed by atoms with Gasteiger partial charge in [-0.2, -0.15) is 0 Å². The van der Waals surface area contributed by atoms with Crippen LogP contribution in [0.5, 0.6) is 0 Å². The lowest BCUT2D eigenvalue weighted by atomic mass is 10.3. The fraction of sp³-hybridized carbons (Fsp3) is 0.391. The Morgan fingerprint density at radius 1 is 1.22 bits per heavy atom. The molecule has 0 unspecified atom stereocenters. The molecule has 170 valence electrons. The van der Waals surface area contributed by atoms with Crippen LogP contribution >= 0.6 is 34.9 Å². The Hall–Kier alpha value is -1.65. The highest BCUT2D eigenvalue weighted by Crippen LogP contribution is 2.34. The fourth-order valence-corrected chi connectivity index (χ4v) is 6.01. The molecule has 1 aliphatic rings. The lowest BCUT2D eigenvalue weighted by Gasteiger charge is -2.29. The van der Waals surface area contributed by atoms with Crippen molar-refractivity contribution >= 4 is 56.1 Å². The lowest BCUT2D eigenvalue weighted by Crippen LogP contribution is -2.43. The van der Waals surface area contributed by atoms with Gasteiger partial charge in [-0.05, 0) is 42.7 Å². The largest absolute Gasteiger partial charge is 0.379 e. The molecule has 5 nitrogen and oxygen atoms in total. The van der Waals surface area contributed by atoms with Gasteiger partial charge in [-0.3, -0.25) is 14.6 Å². The van der Waals surface area contributed by atoms with E-state index in [1.165, 1.54) is 12.1 Å². The second-order valence-electron chi connectivity index (χ2n) is 7.36. The smallest absolute Gasteiger partial charge is 0.229 e. The minimum Gasteiger partial charge on any atom is -0.379 e. The average Bonchev–Trinajstić information content (AvgIpc) is 3.25. The molecule has 2 aromatic carbocycles. The maximum atomic E-state index is 13.3. The Labute approximate surface area is 200 Å². The van der Waals surface area contributed by atoms with Crippen LogP contribution in [-0.2, 0) is 9.53 Å². The Bertz CT molecular complexity index is 1040. The van der Waals surface area contributed by atoms with Gasteiger partial charge in [-0.15, -0.1) is 23.5 Å². The number of aromatic nitrogens is 1. The number of halogens is 1. The van der Waals surface area contributed by atoms with Crippen molar-refractivity contribution in [2.45, 2.75) is 16.2 Å². The molecule has 1 aliphatic heterocycles. The van der Waals surface area contributed by atoms with Crippen LogP contribution in [0.1, 0.15) is 6.42 Å². The average molecular weight is 492 g/mol. The van der Waals surface area contributed by atoms with Gasteiger partial charge in [-0.1, -0.05) is 17.4 Å². The number of rotatable bonds is 9. The third-order valence-corrected chi connectivity index (χ3v) is 8.09. The summed E-state index contributed by atoms with van der Waals surface area (Å²) in [6, 6.07) is 12.6. The summed E-state index contributed by atoms with van der Waals surface area (Å²) >= 11 is 4.80. The molecule has 9 heteroatoms. The highest BCUT2D eigenvalue weighted by molar-refractivity contribution is 7.99. The quantitative estimate of drug-likeness (QED) is 0.393. The molecule has 0 N–H and O–H groups in total. The molecule has 1 saturated heterocycles. The number of nitrogens with zero attached hydrogens (tertiary/aromatic N) is 3. The van der Waals surface area contributed by atoms with Crippen molar-refractivity contribution in [3.63, 3.8) is 0 Å². The van der Waals surface area contributed by atoms with Crippen LogP contribution in [0.4, 0.5) is 9.52 Å². The zero-order valence-corrected chi connectivity index (χ0v) is 20.4. The van der Waals surface area contributed by atoms with Crippen molar-refractivity contribution in [1.82, 2.24) is 9.88 Å². The third-order valence-electron chi connectivity index (χ3n) is 5.26. The van der Waals surface area contributed by atoms with Gasteiger partial charge in [0, 0.05) is 48.1 Å². The molecule has 1 aromatic heterocycles. The summed E-state index contributed by atoms with van der Waals surface area (Å²) in [5.41, 5.74) is 0.963. The Balaban J connectivity index is 1.47. The predicted molar refractivity (Wildman–Crippen MR) is 133 cm³/mol. The van der Waals surface area contributed by atoms with Gasteiger partial charge < -0.3 is 4.74 Å². The van der Waals surface area contributed by atoms with Gasteiger partial charge in [0.1, 0.15) is 5.82 Å². The van der Waals surface area contributed by atoms with E-state index < -0.39 is 0 Å². The van der Waals surface area contributed by atoms with E-state index >= 15 is 0 Å². The van der Waals surface area contributed by atoms with Crippen molar-refractivity contribution in [3.05, 3.63) is 48.3 Å². The van der Waals surface area contributed by atoms with E-state index in [4.69, 9.17) is 9.72 Å². The number of para-hydroxylation sites is 1. The maximum absolute atomic E-state index is 13.3. The SMILES string of the molecule is CSc1cccc2sc(N(CCN3CCOCC3)C(=O)CCSc3ccc(F)cc3)nc12. The summed E-state index contributed by atoms with van der Waals surface area (Å²) in [6.07, 6.45) is 2.44. The van der Waals surface area contributed by atoms with Gasteiger partial charge in [0.2, 0.25) is 5.91 Å². The molecule has 0 aliphatic carbocycles. The second kappa shape index (κ2) is 11.5. The van der Waals surface area contributed by atoms with Crippen LogP contribution in [0, 0.1) is 5.82 Å². The number of carbonyl (C=O) groups is 1. The molecule has 0 atom stereocenters. The molecular formula is C23H26FN3O2S3.